The van der Waals surface area contributed by atoms with E-state index in [0.29, 0.717) is 25.2 Å². The monoisotopic (exact) mass is 338 g/mol. The summed E-state index contributed by atoms with van der Waals surface area (Å²) in [6.45, 7) is 10.4. The van der Waals surface area contributed by atoms with Crippen LogP contribution in [0.1, 0.15) is 79.6 Å². The molecule has 0 heterocycles. The van der Waals surface area contributed by atoms with Gasteiger partial charge >= 0.3 is 5.97 Å². The fourth-order valence-corrected chi connectivity index (χ4v) is 6.08. The third kappa shape index (κ3) is 3.01. The van der Waals surface area contributed by atoms with E-state index in [1.165, 1.54) is 0 Å². The van der Waals surface area contributed by atoms with Crippen LogP contribution < -0.4 is 0 Å². The van der Waals surface area contributed by atoms with Gasteiger partial charge in [-0.25, -0.2) is 0 Å². The van der Waals surface area contributed by atoms with Crippen LogP contribution in [0.4, 0.5) is 0 Å². The van der Waals surface area contributed by atoms with Crippen LogP contribution in [0.2, 0.25) is 0 Å². The predicted octanol–water partition coefficient (Wildman–Crippen LogP) is 3.44. The molecule has 4 heteroatoms. The molecule has 0 aromatic carbocycles. The molecular formula is C20H34O4. The van der Waals surface area contributed by atoms with Gasteiger partial charge in [-0.2, -0.15) is 0 Å². The van der Waals surface area contributed by atoms with Gasteiger partial charge in [0.1, 0.15) is 5.60 Å². The van der Waals surface area contributed by atoms with E-state index < -0.39 is 22.2 Å². The first-order valence-electron chi connectivity index (χ1n) is 9.58. The van der Waals surface area contributed by atoms with Gasteiger partial charge in [0.05, 0.1) is 16.6 Å². The van der Waals surface area contributed by atoms with Crippen molar-refractivity contribution in [1.29, 1.82) is 0 Å². The summed E-state index contributed by atoms with van der Waals surface area (Å²) >= 11 is 0. The number of aliphatic hydroxyl groups is 2. The Morgan fingerprint density at radius 3 is 2.04 bits per heavy atom. The first-order valence-corrected chi connectivity index (χ1v) is 9.58. The number of rotatable bonds is 5. The maximum absolute atomic E-state index is 13.1. The van der Waals surface area contributed by atoms with Crippen molar-refractivity contribution in [3.8, 4) is 0 Å². The molecule has 4 saturated carbocycles. The molecule has 0 saturated heterocycles. The number of carbonyl (C=O) groups is 1. The van der Waals surface area contributed by atoms with E-state index in [4.69, 9.17) is 4.74 Å². The largest absolute Gasteiger partial charge is 0.458 e. The van der Waals surface area contributed by atoms with Gasteiger partial charge in [-0.1, -0.05) is 27.7 Å². The molecule has 0 aromatic heterocycles. The Morgan fingerprint density at radius 1 is 1.08 bits per heavy atom. The highest BCUT2D eigenvalue weighted by Crippen LogP contribution is 2.61. The molecule has 2 N–H and O–H groups in total. The van der Waals surface area contributed by atoms with E-state index in [1.807, 2.05) is 6.92 Å². The Balaban J connectivity index is 1.83. The number of esters is 1. The molecule has 0 aromatic rings. The lowest BCUT2D eigenvalue weighted by Gasteiger charge is -2.62. The molecule has 4 aliphatic rings. The summed E-state index contributed by atoms with van der Waals surface area (Å²) in [5.41, 5.74) is -2.92. The molecule has 0 aliphatic heterocycles. The zero-order valence-electron chi connectivity index (χ0n) is 15.9. The van der Waals surface area contributed by atoms with Crippen molar-refractivity contribution in [3.63, 3.8) is 0 Å². The van der Waals surface area contributed by atoms with Crippen LogP contribution in [0.15, 0.2) is 0 Å². The molecular weight excluding hydrogens is 304 g/mol. The van der Waals surface area contributed by atoms with E-state index in [-0.39, 0.29) is 17.8 Å². The van der Waals surface area contributed by atoms with Crippen LogP contribution in [-0.2, 0) is 9.53 Å². The van der Waals surface area contributed by atoms with Gasteiger partial charge in [0.2, 0.25) is 0 Å². The van der Waals surface area contributed by atoms with Crippen molar-refractivity contribution in [1.82, 2.24) is 0 Å². The lowest BCUT2D eigenvalue weighted by molar-refractivity contribution is -0.265. The fraction of sp³-hybridized carbons (Fsp3) is 0.950. The molecule has 24 heavy (non-hydrogen) atoms. The SMILES string of the molecule is CC(C)CC(C)(C(=O)OC12CC3CC(O)(CC(O)(C3)C1)C2)C(C)C. The second-order valence-electron chi connectivity index (χ2n) is 10.2. The van der Waals surface area contributed by atoms with Crippen molar-refractivity contribution in [2.24, 2.45) is 23.2 Å². The van der Waals surface area contributed by atoms with Gasteiger partial charge in [0, 0.05) is 19.3 Å². The summed E-state index contributed by atoms with van der Waals surface area (Å²) in [6, 6.07) is 0. The standard InChI is InChI=1S/C20H34O4/c1-13(2)6-17(5,14(3)4)16(21)24-20-9-15-7-18(22,11-20)10-19(23,8-15)12-20/h13-15,22-23H,6-12H2,1-5H3. The third-order valence-corrected chi connectivity index (χ3v) is 6.84. The molecule has 4 fully saturated rings. The molecule has 4 aliphatic carbocycles. The van der Waals surface area contributed by atoms with Crippen molar-refractivity contribution >= 4 is 5.97 Å². The maximum Gasteiger partial charge on any atom is 0.312 e. The third-order valence-electron chi connectivity index (χ3n) is 6.84. The summed E-state index contributed by atoms with van der Waals surface area (Å²) < 4.78 is 6.15. The van der Waals surface area contributed by atoms with Gasteiger partial charge < -0.3 is 14.9 Å². The van der Waals surface area contributed by atoms with Crippen LogP contribution in [0.25, 0.3) is 0 Å². The van der Waals surface area contributed by atoms with Crippen LogP contribution in [-0.4, -0.2) is 33.0 Å². The highest BCUT2D eigenvalue weighted by atomic mass is 16.6. The predicted molar refractivity (Wildman–Crippen MR) is 92.3 cm³/mol. The molecule has 4 bridgehead atoms. The normalized spacial score (nSPS) is 43.3. The lowest BCUT2D eigenvalue weighted by Crippen LogP contribution is -2.67. The zero-order chi connectivity index (χ0) is 18.0. The summed E-state index contributed by atoms with van der Waals surface area (Å²) in [5, 5.41) is 21.7. The lowest BCUT2D eigenvalue weighted by atomic mass is 9.50. The second-order valence-corrected chi connectivity index (χ2v) is 10.2. The maximum atomic E-state index is 13.1. The van der Waals surface area contributed by atoms with Crippen LogP contribution in [0.3, 0.4) is 0 Å². The van der Waals surface area contributed by atoms with E-state index in [2.05, 4.69) is 27.7 Å². The van der Waals surface area contributed by atoms with Crippen molar-refractivity contribution in [2.45, 2.75) is 96.4 Å². The topological polar surface area (TPSA) is 66.8 Å². The fourth-order valence-electron chi connectivity index (χ4n) is 6.08. The Kier molecular flexibility index (Phi) is 4.12. The molecule has 3 unspecified atom stereocenters. The minimum atomic E-state index is -0.860. The molecule has 0 amide bonds. The second kappa shape index (κ2) is 5.44. The Labute approximate surface area is 146 Å². The quantitative estimate of drug-likeness (QED) is 0.754. The van der Waals surface area contributed by atoms with Crippen molar-refractivity contribution < 1.29 is 19.7 Å². The highest BCUT2D eigenvalue weighted by Gasteiger charge is 2.65. The number of hydrogen-bond acceptors (Lipinski definition) is 4. The van der Waals surface area contributed by atoms with Gasteiger partial charge in [0.15, 0.2) is 0 Å². The van der Waals surface area contributed by atoms with Crippen molar-refractivity contribution in [2.75, 3.05) is 0 Å². The smallest absolute Gasteiger partial charge is 0.312 e. The van der Waals surface area contributed by atoms with Crippen LogP contribution in [0, 0.1) is 23.2 Å². The molecule has 3 atom stereocenters. The Morgan fingerprint density at radius 2 is 1.62 bits per heavy atom. The highest BCUT2D eigenvalue weighted by molar-refractivity contribution is 5.77. The van der Waals surface area contributed by atoms with Gasteiger partial charge in [0.25, 0.3) is 0 Å². The zero-order valence-corrected chi connectivity index (χ0v) is 15.9. The molecule has 4 rings (SSSR count). The molecule has 4 nitrogen and oxygen atoms in total. The van der Waals surface area contributed by atoms with E-state index in [1.54, 1.807) is 0 Å². The van der Waals surface area contributed by atoms with Crippen LogP contribution >= 0.6 is 0 Å². The molecule has 0 radical (unpaired) electrons. The average molecular weight is 338 g/mol. The summed E-state index contributed by atoms with van der Waals surface area (Å²) in [4.78, 5) is 13.1. The molecule has 0 spiro atoms. The van der Waals surface area contributed by atoms with Crippen molar-refractivity contribution in [3.05, 3.63) is 0 Å². The van der Waals surface area contributed by atoms with Gasteiger partial charge in [-0.3, -0.25) is 4.79 Å². The first kappa shape index (κ1) is 18.2. The van der Waals surface area contributed by atoms with Gasteiger partial charge in [-0.05, 0) is 50.4 Å². The van der Waals surface area contributed by atoms with E-state index >= 15 is 0 Å². The number of carbonyl (C=O) groups excluding carboxylic acids is 1. The summed E-state index contributed by atoms with van der Waals surface area (Å²) in [6.07, 6.45) is 4.46. The first-order chi connectivity index (χ1) is 10.9. The van der Waals surface area contributed by atoms with E-state index in [0.717, 1.165) is 25.7 Å². The van der Waals surface area contributed by atoms with Crippen LogP contribution in [0.5, 0.6) is 0 Å². The minimum absolute atomic E-state index is 0.152. The Bertz CT molecular complexity index is 508. The summed E-state index contributed by atoms with van der Waals surface area (Å²) in [5.74, 6) is 0.710. The number of hydrogen-bond donors (Lipinski definition) is 2. The Hall–Kier alpha value is -0.610. The minimum Gasteiger partial charge on any atom is -0.458 e. The molecule has 138 valence electrons. The van der Waals surface area contributed by atoms with Gasteiger partial charge in [-0.15, -0.1) is 0 Å². The average Bonchev–Trinajstić information content (AvgIpc) is 2.31. The van der Waals surface area contributed by atoms with E-state index in [9.17, 15) is 15.0 Å². The number of ether oxygens (including phenoxy) is 1. The summed E-state index contributed by atoms with van der Waals surface area (Å²) in [7, 11) is 0.